The molecule has 0 unspecified atom stereocenters. The third-order valence-electron chi connectivity index (χ3n) is 7.18. The van der Waals surface area contributed by atoms with Crippen molar-refractivity contribution in [2.75, 3.05) is 50.5 Å². The Kier molecular flexibility index (Phi) is 7.65. The SMILES string of the molecule is CS(=O)(=O)N1CCN(c2cc(OCCN[C@@H]3C[C@H]3c3ccc(F)cc3)cc(-c3ccc(C#N)cc3)c2)CC1. The second kappa shape index (κ2) is 11.1. The molecule has 2 atom stereocenters. The van der Waals surface area contributed by atoms with Gasteiger partial charge >= 0.3 is 0 Å². The number of anilines is 1. The van der Waals surface area contributed by atoms with E-state index in [1.807, 2.05) is 36.4 Å². The molecule has 0 aromatic heterocycles. The summed E-state index contributed by atoms with van der Waals surface area (Å²) in [6, 6.07) is 22.8. The van der Waals surface area contributed by atoms with Crippen molar-refractivity contribution < 1.29 is 17.5 Å². The van der Waals surface area contributed by atoms with Crippen molar-refractivity contribution in [1.29, 1.82) is 5.26 Å². The minimum atomic E-state index is -3.21. The molecule has 38 heavy (non-hydrogen) atoms. The summed E-state index contributed by atoms with van der Waals surface area (Å²) >= 11 is 0. The summed E-state index contributed by atoms with van der Waals surface area (Å²) in [5.41, 5.74) is 4.67. The number of sulfonamides is 1. The molecule has 198 valence electrons. The number of hydrogen-bond donors (Lipinski definition) is 1. The fraction of sp³-hybridized carbons (Fsp3) is 0.345. The van der Waals surface area contributed by atoms with E-state index < -0.39 is 10.0 Å². The summed E-state index contributed by atoms with van der Waals surface area (Å²) in [4.78, 5) is 2.18. The normalized spacial score (nSPS) is 19.7. The molecule has 0 bridgehead atoms. The van der Waals surface area contributed by atoms with Crippen LogP contribution in [0.1, 0.15) is 23.5 Å². The van der Waals surface area contributed by atoms with Crippen molar-refractivity contribution in [2.45, 2.75) is 18.4 Å². The quantitative estimate of drug-likeness (QED) is 0.418. The van der Waals surface area contributed by atoms with Gasteiger partial charge < -0.3 is 15.0 Å². The Hall–Kier alpha value is -3.45. The van der Waals surface area contributed by atoms with E-state index in [-0.39, 0.29) is 5.82 Å². The van der Waals surface area contributed by atoms with Gasteiger partial charge in [0.2, 0.25) is 10.0 Å². The molecule has 1 aliphatic heterocycles. The van der Waals surface area contributed by atoms with Crippen LogP contribution in [0.15, 0.2) is 66.7 Å². The lowest BCUT2D eigenvalue weighted by molar-refractivity contribution is 0.313. The molecule has 0 amide bonds. The summed E-state index contributed by atoms with van der Waals surface area (Å²) < 4.78 is 44.7. The molecule has 1 aliphatic carbocycles. The minimum absolute atomic E-state index is 0.216. The fourth-order valence-electron chi connectivity index (χ4n) is 4.94. The molecule has 3 aromatic rings. The molecule has 1 N–H and O–H groups in total. The Balaban J connectivity index is 1.25. The lowest BCUT2D eigenvalue weighted by atomic mass is 10.0. The smallest absolute Gasteiger partial charge is 0.211 e. The zero-order valence-electron chi connectivity index (χ0n) is 21.3. The van der Waals surface area contributed by atoms with Crippen molar-refractivity contribution in [3.05, 3.63) is 83.7 Å². The average molecular weight is 535 g/mol. The van der Waals surface area contributed by atoms with Crippen molar-refractivity contribution in [1.82, 2.24) is 9.62 Å². The summed E-state index contributed by atoms with van der Waals surface area (Å²) in [6.45, 7) is 3.25. The highest BCUT2D eigenvalue weighted by atomic mass is 32.2. The number of benzene rings is 3. The number of nitrogens with one attached hydrogen (secondary N) is 1. The lowest BCUT2D eigenvalue weighted by Gasteiger charge is -2.35. The van der Waals surface area contributed by atoms with Crippen LogP contribution < -0.4 is 15.0 Å². The van der Waals surface area contributed by atoms with E-state index in [1.165, 1.54) is 22.7 Å². The van der Waals surface area contributed by atoms with Crippen LogP contribution in [0.2, 0.25) is 0 Å². The van der Waals surface area contributed by atoms with Crippen LogP contribution in [-0.4, -0.2) is 64.4 Å². The van der Waals surface area contributed by atoms with Crippen LogP contribution in [0.4, 0.5) is 10.1 Å². The molecular weight excluding hydrogens is 503 g/mol. The van der Waals surface area contributed by atoms with Gasteiger partial charge in [0.25, 0.3) is 0 Å². The van der Waals surface area contributed by atoms with E-state index >= 15 is 0 Å². The lowest BCUT2D eigenvalue weighted by Crippen LogP contribution is -2.48. The highest BCUT2D eigenvalue weighted by molar-refractivity contribution is 7.88. The Bertz CT molecular complexity index is 1410. The molecule has 0 radical (unpaired) electrons. The van der Waals surface area contributed by atoms with Crippen LogP contribution in [-0.2, 0) is 10.0 Å². The summed E-state index contributed by atoms with van der Waals surface area (Å²) in [6.07, 6.45) is 2.28. The highest BCUT2D eigenvalue weighted by Crippen LogP contribution is 2.40. The first-order chi connectivity index (χ1) is 18.3. The average Bonchev–Trinajstić information content (AvgIpc) is 3.70. The number of hydrogen-bond acceptors (Lipinski definition) is 6. The third-order valence-corrected chi connectivity index (χ3v) is 8.48. The van der Waals surface area contributed by atoms with Gasteiger partial charge in [-0.15, -0.1) is 0 Å². The maximum atomic E-state index is 13.2. The second-order valence-electron chi connectivity index (χ2n) is 9.86. The topological polar surface area (TPSA) is 85.7 Å². The Morgan fingerprint density at radius 3 is 2.37 bits per heavy atom. The molecule has 1 saturated heterocycles. The molecule has 2 aliphatic rings. The molecule has 0 spiro atoms. The van der Waals surface area contributed by atoms with Crippen molar-refractivity contribution in [3.8, 4) is 22.9 Å². The zero-order valence-corrected chi connectivity index (χ0v) is 22.1. The number of halogens is 1. The zero-order chi connectivity index (χ0) is 26.7. The van der Waals surface area contributed by atoms with Crippen LogP contribution in [0, 0.1) is 17.1 Å². The first-order valence-electron chi connectivity index (χ1n) is 12.8. The van der Waals surface area contributed by atoms with E-state index in [0.717, 1.165) is 34.5 Å². The molecule has 5 rings (SSSR count). The van der Waals surface area contributed by atoms with Crippen molar-refractivity contribution in [2.24, 2.45) is 0 Å². The predicted molar refractivity (Wildman–Crippen MR) is 146 cm³/mol. The number of piperazine rings is 1. The van der Waals surface area contributed by atoms with Gasteiger partial charge in [0.15, 0.2) is 0 Å². The van der Waals surface area contributed by atoms with E-state index in [1.54, 1.807) is 12.1 Å². The van der Waals surface area contributed by atoms with Gasteiger partial charge in [-0.05, 0) is 59.5 Å². The first kappa shape index (κ1) is 26.2. The standard InChI is InChI=1S/C29H31FN4O3S/c1-38(35,36)34-13-11-33(12-14-34)26-16-24(22-4-2-21(20-31)3-5-22)17-27(18-26)37-15-10-32-29-19-28(29)23-6-8-25(30)9-7-23/h2-9,16-18,28-29,32H,10-15,19H2,1H3/t28-,29+/m0/s1. The highest BCUT2D eigenvalue weighted by Gasteiger charge is 2.37. The molecule has 7 nitrogen and oxygen atoms in total. The molecule has 2 fully saturated rings. The number of ether oxygens (including phenoxy) is 1. The van der Waals surface area contributed by atoms with Gasteiger partial charge in [-0.2, -0.15) is 9.57 Å². The molecule has 9 heteroatoms. The summed E-state index contributed by atoms with van der Waals surface area (Å²) in [7, 11) is -3.21. The van der Waals surface area contributed by atoms with Gasteiger partial charge in [0, 0.05) is 56.4 Å². The van der Waals surface area contributed by atoms with Crippen LogP contribution in [0.3, 0.4) is 0 Å². The van der Waals surface area contributed by atoms with E-state index in [2.05, 4.69) is 22.4 Å². The number of rotatable bonds is 9. The van der Waals surface area contributed by atoms with Crippen molar-refractivity contribution in [3.63, 3.8) is 0 Å². The van der Waals surface area contributed by atoms with E-state index in [0.29, 0.717) is 56.9 Å². The van der Waals surface area contributed by atoms with E-state index in [9.17, 15) is 12.8 Å². The summed E-state index contributed by atoms with van der Waals surface area (Å²) in [5.74, 6) is 0.930. The van der Waals surface area contributed by atoms with Gasteiger partial charge in [-0.25, -0.2) is 12.8 Å². The Morgan fingerprint density at radius 1 is 1.00 bits per heavy atom. The maximum Gasteiger partial charge on any atom is 0.211 e. The Morgan fingerprint density at radius 2 is 1.71 bits per heavy atom. The van der Waals surface area contributed by atoms with Gasteiger partial charge in [0.05, 0.1) is 17.9 Å². The molecule has 1 saturated carbocycles. The fourth-order valence-corrected chi connectivity index (χ4v) is 5.77. The van der Waals surface area contributed by atoms with Gasteiger partial charge in [-0.3, -0.25) is 0 Å². The predicted octanol–water partition coefficient (Wildman–Crippen LogP) is 3.97. The molecule has 1 heterocycles. The monoisotopic (exact) mass is 534 g/mol. The summed E-state index contributed by atoms with van der Waals surface area (Å²) in [5, 5.41) is 12.7. The number of nitriles is 1. The molecular formula is C29H31FN4O3S. The Labute approximate surface area is 223 Å². The second-order valence-corrected chi connectivity index (χ2v) is 11.8. The van der Waals surface area contributed by atoms with Crippen LogP contribution in [0.25, 0.3) is 11.1 Å². The molecule has 3 aromatic carbocycles. The van der Waals surface area contributed by atoms with Gasteiger partial charge in [0.1, 0.15) is 18.2 Å². The van der Waals surface area contributed by atoms with E-state index in [4.69, 9.17) is 10.00 Å². The van der Waals surface area contributed by atoms with Crippen LogP contribution in [0.5, 0.6) is 5.75 Å². The third kappa shape index (κ3) is 6.33. The first-order valence-corrected chi connectivity index (χ1v) is 14.6. The largest absolute Gasteiger partial charge is 0.492 e. The van der Waals surface area contributed by atoms with Crippen molar-refractivity contribution >= 4 is 15.7 Å². The number of nitrogens with zero attached hydrogens (tertiary/aromatic N) is 3. The van der Waals surface area contributed by atoms with Gasteiger partial charge in [-0.1, -0.05) is 24.3 Å². The van der Waals surface area contributed by atoms with Crippen LogP contribution >= 0.6 is 0 Å². The maximum absolute atomic E-state index is 13.2. The minimum Gasteiger partial charge on any atom is -0.492 e.